The summed E-state index contributed by atoms with van der Waals surface area (Å²) < 4.78 is 0. The van der Waals surface area contributed by atoms with E-state index >= 15 is 0 Å². The first-order valence-corrected chi connectivity index (χ1v) is 9.39. The Hall–Kier alpha value is -2.04. The molecule has 1 fully saturated rings. The lowest BCUT2D eigenvalue weighted by molar-refractivity contribution is -0.131. The molecule has 138 valence electrons. The average molecular weight is 345 g/mol. The van der Waals surface area contributed by atoms with Crippen molar-refractivity contribution in [3.63, 3.8) is 0 Å². The number of aliphatic imine (C=N–C) groups is 1. The molecule has 1 amide bonds. The summed E-state index contributed by atoms with van der Waals surface area (Å²) in [6.07, 6.45) is 2.37. The van der Waals surface area contributed by atoms with Gasteiger partial charge in [-0.1, -0.05) is 30.3 Å². The molecule has 0 bridgehead atoms. The third-order valence-corrected chi connectivity index (χ3v) is 4.96. The van der Waals surface area contributed by atoms with Gasteiger partial charge in [-0.05, 0) is 39.2 Å². The van der Waals surface area contributed by atoms with Crippen LogP contribution < -0.4 is 5.32 Å². The Labute approximate surface area is 152 Å². The smallest absolute Gasteiger partial charge is 0.242 e. The SMILES string of the molecule is CCNC(=NCC1(c2ccccc2)CC1)N(C)CC(=O)N(CC)CC. The summed E-state index contributed by atoms with van der Waals surface area (Å²) in [5.41, 5.74) is 1.56. The molecule has 0 aromatic heterocycles. The Bertz CT molecular complexity index is 577. The zero-order valence-corrected chi connectivity index (χ0v) is 16.1. The van der Waals surface area contributed by atoms with Crippen molar-refractivity contribution in [1.29, 1.82) is 0 Å². The molecule has 1 aliphatic carbocycles. The van der Waals surface area contributed by atoms with Crippen LogP contribution in [0, 0.1) is 0 Å². The Morgan fingerprint density at radius 3 is 2.32 bits per heavy atom. The van der Waals surface area contributed by atoms with Crippen LogP contribution in [0.1, 0.15) is 39.2 Å². The molecule has 5 heteroatoms. The maximum Gasteiger partial charge on any atom is 0.242 e. The lowest BCUT2D eigenvalue weighted by Crippen LogP contribution is -2.46. The number of amides is 1. The first-order chi connectivity index (χ1) is 12.1. The Balaban J connectivity index is 2.04. The Kier molecular flexibility index (Phi) is 6.85. The number of likely N-dealkylation sites (N-methyl/N-ethyl adjacent to an activating group) is 2. The van der Waals surface area contributed by atoms with E-state index < -0.39 is 0 Å². The summed E-state index contributed by atoms with van der Waals surface area (Å²) in [5, 5.41) is 3.32. The predicted molar refractivity (Wildman–Crippen MR) is 104 cm³/mol. The number of carbonyl (C=O) groups is 1. The van der Waals surface area contributed by atoms with E-state index in [1.54, 1.807) is 0 Å². The number of benzene rings is 1. The van der Waals surface area contributed by atoms with Crippen LogP contribution in [-0.2, 0) is 10.2 Å². The monoisotopic (exact) mass is 344 g/mol. The maximum atomic E-state index is 12.4. The topological polar surface area (TPSA) is 47.9 Å². The number of hydrogen-bond acceptors (Lipinski definition) is 2. The molecule has 1 saturated carbocycles. The van der Waals surface area contributed by atoms with Gasteiger partial charge in [0.1, 0.15) is 0 Å². The third-order valence-electron chi connectivity index (χ3n) is 4.96. The first-order valence-electron chi connectivity index (χ1n) is 9.39. The minimum absolute atomic E-state index is 0.141. The van der Waals surface area contributed by atoms with Crippen LogP contribution in [0.15, 0.2) is 35.3 Å². The van der Waals surface area contributed by atoms with Crippen LogP contribution in [0.4, 0.5) is 0 Å². The molecule has 0 atom stereocenters. The largest absolute Gasteiger partial charge is 0.357 e. The predicted octanol–water partition coefficient (Wildman–Crippen LogP) is 2.48. The molecule has 0 radical (unpaired) electrons. The summed E-state index contributed by atoms with van der Waals surface area (Å²) in [5.74, 6) is 0.951. The lowest BCUT2D eigenvalue weighted by Gasteiger charge is -2.26. The van der Waals surface area contributed by atoms with E-state index in [-0.39, 0.29) is 11.3 Å². The lowest BCUT2D eigenvalue weighted by atomic mass is 9.96. The van der Waals surface area contributed by atoms with Crippen molar-refractivity contribution in [2.24, 2.45) is 4.99 Å². The van der Waals surface area contributed by atoms with E-state index in [1.165, 1.54) is 18.4 Å². The van der Waals surface area contributed by atoms with Crippen LogP contribution in [0.2, 0.25) is 0 Å². The summed E-state index contributed by atoms with van der Waals surface area (Å²) in [6, 6.07) is 10.6. The maximum absolute atomic E-state index is 12.4. The second-order valence-corrected chi connectivity index (χ2v) is 6.74. The number of guanidine groups is 1. The van der Waals surface area contributed by atoms with Gasteiger partial charge in [-0.25, -0.2) is 0 Å². The van der Waals surface area contributed by atoms with E-state index in [2.05, 4.69) is 42.6 Å². The summed E-state index contributed by atoms with van der Waals surface area (Å²) in [4.78, 5) is 21.0. The van der Waals surface area contributed by atoms with Crippen molar-refractivity contribution >= 4 is 11.9 Å². The molecule has 2 rings (SSSR count). The van der Waals surface area contributed by atoms with Crippen molar-refractivity contribution in [2.75, 3.05) is 39.8 Å². The van der Waals surface area contributed by atoms with Gasteiger partial charge in [0.15, 0.2) is 5.96 Å². The van der Waals surface area contributed by atoms with Gasteiger partial charge >= 0.3 is 0 Å². The minimum atomic E-state index is 0.141. The molecule has 0 spiro atoms. The highest BCUT2D eigenvalue weighted by atomic mass is 16.2. The highest BCUT2D eigenvalue weighted by Gasteiger charge is 2.44. The van der Waals surface area contributed by atoms with Gasteiger partial charge in [0.25, 0.3) is 0 Å². The molecule has 0 heterocycles. The van der Waals surface area contributed by atoms with Gasteiger partial charge in [-0.15, -0.1) is 0 Å². The molecular weight excluding hydrogens is 312 g/mol. The van der Waals surface area contributed by atoms with Crippen LogP contribution in [-0.4, -0.2) is 61.4 Å². The van der Waals surface area contributed by atoms with E-state index in [0.717, 1.165) is 32.1 Å². The van der Waals surface area contributed by atoms with Gasteiger partial charge < -0.3 is 15.1 Å². The van der Waals surface area contributed by atoms with Gasteiger partial charge in [-0.2, -0.15) is 0 Å². The molecule has 25 heavy (non-hydrogen) atoms. The fourth-order valence-corrected chi connectivity index (χ4v) is 3.13. The summed E-state index contributed by atoms with van der Waals surface area (Å²) in [7, 11) is 1.94. The zero-order chi connectivity index (χ0) is 18.3. The van der Waals surface area contributed by atoms with Crippen molar-refractivity contribution in [1.82, 2.24) is 15.1 Å². The van der Waals surface area contributed by atoms with Crippen molar-refractivity contribution < 1.29 is 4.79 Å². The van der Waals surface area contributed by atoms with Crippen LogP contribution >= 0.6 is 0 Å². The number of rotatable bonds is 8. The quantitative estimate of drug-likeness (QED) is 0.582. The van der Waals surface area contributed by atoms with E-state index in [9.17, 15) is 4.79 Å². The summed E-state index contributed by atoms with van der Waals surface area (Å²) in [6.45, 7) is 9.48. The molecular formula is C20H32N4O. The van der Waals surface area contributed by atoms with Gasteiger partial charge in [0.2, 0.25) is 5.91 Å². The molecule has 0 unspecified atom stereocenters. The van der Waals surface area contributed by atoms with Crippen molar-refractivity contribution in [3.05, 3.63) is 35.9 Å². The Morgan fingerprint density at radius 2 is 1.80 bits per heavy atom. The molecule has 1 aliphatic rings. The zero-order valence-electron chi connectivity index (χ0n) is 16.1. The van der Waals surface area contributed by atoms with Gasteiger partial charge in [-0.3, -0.25) is 9.79 Å². The highest BCUT2D eigenvalue weighted by molar-refractivity contribution is 5.86. The molecule has 0 aliphatic heterocycles. The molecule has 1 N–H and O–H groups in total. The van der Waals surface area contributed by atoms with Crippen LogP contribution in [0.25, 0.3) is 0 Å². The van der Waals surface area contributed by atoms with E-state index in [0.29, 0.717) is 6.54 Å². The van der Waals surface area contributed by atoms with Crippen LogP contribution in [0.5, 0.6) is 0 Å². The number of carbonyl (C=O) groups excluding carboxylic acids is 1. The second-order valence-electron chi connectivity index (χ2n) is 6.74. The fraction of sp³-hybridized carbons (Fsp3) is 0.600. The molecule has 1 aromatic rings. The van der Waals surface area contributed by atoms with Crippen LogP contribution in [0.3, 0.4) is 0 Å². The second kappa shape index (κ2) is 8.88. The third kappa shape index (κ3) is 4.97. The van der Waals surface area contributed by atoms with E-state index in [4.69, 9.17) is 4.99 Å². The van der Waals surface area contributed by atoms with E-state index in [1.807, 2.05) is 30.7 Å². The van der Waals surface area contributed by atoms with Crippen molar-refractivity contribution in [2.45, 2.75) is 39.0 Å². The molecule has 1 aromatic carbocycles. The number of hydrogen-bond donors (Lipinski definition) is 1. The summed E-state index contributed by atoms with van der Waals surface area (Å²) >= 11 is 0. The average Bonchev–Trinajstić information content (AvgIpc) is 3.41. The van der Waals surface area contributed by atoms with Crippen molar-refractivity contribution in [3.8, 4) is 0 Å². The Morgan fingerprint density at radius 1 is 1.16 bits per heavy atom. The standard InChI is InChI=1S/C20H32N4O/c1-5-21-19(23(4)15-18(25)24(6-2)7-3)22-16-20(13-14-20)17-11-9-8-10-12-17/h8-12H,5-7,13-16H2,1-4H3,(H,21,22). The fourth-order valence-electron chi connectivity index (χ4n) is 3.13. The van der Waals surface area contributed by atoms with Gasteiger partial charge in [0, 0.05) is 32.1 Å². The number of nitrogens with zero attached hydrogens (tertiary/aromatic N) is 3. The molecule has 5 nitrogen and oxygen atoms in total. The van der Waals surface area contributed by atoms with Gasteiger partial charge in [0.05, 0.1) is 13.1 Å². The minimum Gasteiger partial charge on any atom is -0.357 e. The first kappa shape index (κ1) is 19.3. The highest BCUT2D eigenvalue weighted by Crippen LogP contribution is 2.48. The normalized spacial score (nSPS) is 15.6. The number of nitrogens with one attached hydrogen (secondary N) is 1. The molecule has 0 saturated heterocycles.